The Morgan fingerprint density at radius 3 is 2.48 bits per heavy atom. The highest BCUT2D eigenvalue weighted by atomic mass is 32.2. The molecule has 0 atom stereocenters. The minimum atomic E-state index is -3.63. The number of hydrogen-bond donors (Lipinski definition) is 1. The van der Waals surface area contributed by atoms with Crippen LogP contribution in [0.15, 0.2) is 59.8 Å². The topological polar surface area (TPSA) is 119 Å². The molecule has 1 amide bonds. The van der Waals surface area contributed by atoms with E-state index in [4.69, 9.17) is 4.74 Å². The zero-order chi connectivity index (χ0) is 21.0. The zero-order valence-corrected chi connectivity index (χ0v) is 16.5. The summed E-state index contributed by atoms with van der Waals surface area (Å²) in [6.07, 6.45) is 3.05. The van der Waals surface area contributed by atoms with Crippen LogP contribution in [0.25, 0.3) is 11.0 Å². The summed E-state index contributed by atoms with van der Waals surface area (Å²) in [7, 11) is -0.799. The molecule has 0 aliphatic carbocycles. The van der Waals surface area contributed by atoms with E-state index in [-0.39, 0.29) is 16.1 Å². The molecule has 0 bridgehead atoms. The summed E-state index contributed by atoms with van der Waals surface area (Å²) in [5, 5.41) is 2.51. The third kappa shape index (κ3) is 4.73. The lowest BCUT2D eigenvalue weighted by atomic mass is 10.2. The van der Waals surface area contributed by atoms with Crippen molar-refractivity contribution in [2.75, 3.05) is 26.0 Å². The second-order valence-corrected chi connectivity index (χ2v) is 8.35. The van der Waals surface area contributed by atoms with Gasteiger partial charge in [0.1, 0.15) is 0 Å². The molecule has 0 saturated carbocycles. The van der Waals surface area contributed by atoms with E-state index in [0.29, 0.717) is 11.0 Å². The van der Waals surface area contributed by atoms with Crippen molar-refractivity contribution in [2.45, 2.75) is 4.90 Å². The average Bonchev–Trinajstić information content (AvgIpc) is 2.71. The van der Waals surface area contributed by atoms with E-state index in [9.17, 15) is 18.0 Å². The Hall–Kier alpha value is -3.37. The quantitative estimate of drug-likeness (QED) is 0.610. The van der Waals surface area contributed by atoms with E-state index < -0.39 is 28.5 Å². The van der Waals surface area contributed by atoms with Gasteiger partial charge in [0.15, 0.2) is 6.61 Å². The molecule has 29 heavy (non-hydrogen) atoms. The SMILES string of the molecule is CN(C)S(=O)(=O)c1cccc(NC(=O)COC(=O)c2ccc3nccnc3c2)c1. The molecular formula is C19H18N4O5S. The molecule has 0 fully saturated rings. The number of anilines is 1. The van der Waals surface area contributed by atoms with Gasteiger partial charge in [-0.15, -0.1) is 0 Å². The molecule has 1 N–H and O–H groups in total. The van der Waals surface area contributed by atoms with E-state index >= 15 is 0 Å². The van der Waals surface area contributed by atoms with Crippen molar-refractivity contribution in [3.05, 3.63) is 60.4 Å². The first-order valence-electron chi connectivity index (χ1n) is 8.48. The molecule has 0 aliphatic heterocycles. The first-order chi connectivity index (χ1) is 13.8. The number of aromatic nitrogens is 2. The predicted octanol–water partition coefficient (Wildman–Crippen LogP) is 1.68. The van der Waals surface area contributed by atoms with Gasteiger partial charge in [-0.2, -0.15) is 0 Å². The van der Waals surface area contributed by atoms with Gasteiger partial charge in [-0.25, -0.2) is 17.5 Å². The second-order valence-electron chi connectivity index (χ2n) is 6.20. The molecule has 0 spiro atoms. The van der Waals surface area contributed by atoms with Crippen LogP contribution in [-0.4, -0.2) is 55.3 Å². The number of amides is 1. The Morgan fingerprint density at radius 1 is 1.03 bits per heavy atom. The number of nitrogens with one attached hydrogen (secondary N) is 1. The van der Waals surface area contributed by atoms with Gasteiger partial charge in [0.2, 0.25) is 10.0 Å². The van der Waals surface area contributed by atoms with Gasteiger partial charge in [0, 0.05) is 32.2 Å². The Labute approximate surface area is 167 Å². The third-order valence-corrected chi connectivity index (χ3v) is 5.75. The van der Waals surface area contributed by atoms with Gasteiger partial charge in [0.05, 0.1) is 21.5 Å². The Morgan fingerprint density at radius 2 is 1.76 bits per heavy atom. The minimum absolute atomic E-state index is 0.0366. The van der Waals surface area contributed by atoms with Crippen molar-refractivity contribution in [1.29, 1.82) is 0 Å². The third-order valence-electron chi connectivity index (χ3n) is 3.94. The Kier molecular flexibility index (Phi) is 5.85. The number of nitrogens with zero attached hydrogens (tertiary/aromatic N) is 3. The van der Waals surface area contributed by atoms with Crippen molar-refractivity contribution in [1.82, 2.24) is 14.3 Å². The van der Waals surface area contributed by atoms with Crippen molar-refractivity contribution in [2.24, 2.45) is 0 Å². The maximum absolute atomic E-state index is 12.2. The number of carbonyl (C=O) groups excluding carboxylic acids is 2. The van der Waals surface area contributed by atoms with E-state index in [2.05, 4.69) is 15.3 Å². The van der Waals surface area contributed by atoms with Crippen LogP contribution in [0.2, 0.25) is 0 Å². The fraction of sp³-hybridized carbons (Fsp3) is 0.158. The molecule has 3 rings (SSSR count). The highest BCUT2D eigenvalue weighted by Crippen LogP contribution is 2.18. The molecule has 1 aromatic heterocycles. The lowest BCUT2D eigenvalue weighted by Gasteiger charge is -2.12. The fourth-order valence-electron chi connectivity index (χ4n) is 2.45. The van der Waals surface area contributed by atoms with Crippen molar-refractivity contribution in [3.8, 4) is 0 Å². The van der Waals surface area contributed by atoms with E-state index in [1.807, 2.05) is 0 Å². The van der Waals surface area contributed by atoms with Gasteiger partial charge in [0.25, 0.3) is 5.91 Å². The number of benzene rings is 2. The molecule has 0 saturated heterocycles. The number of carbonyl (C=O) groups is 2. The summed E-state index contributed by atoms with van der Waals surface area (Å²) in [6, 6.07) is 10.5. The van der Waals surface area contributed by atoms with Gasteiger partial charge in [-0.05, 0) is 36.4 Å². The number of rotatable bonds is 6. The molecule has 10 heteroatoms. The number of fused-ring (bicyclic) bond motifs is 1. The van der Waals surface area contributed by atoms with Crippen LogP contribution in [0.5, 0.6) is 0 Å². The average molecular weight is 414 g/mol. The van der Waals surface area contributed by atoms with Gasteiger partial charge in [-0.1, -0.05) is 6.07 Å². The van der Waals surface area contributed by atoms with E-state index in [0.717, 1.165) is 4.31 Å². The highest BCUT2D eigenvalue weighted by molar-refractivity contribution is 7.89. The van der Waals surface area contributed by atoms with Crippen LogP contribution in [0, 0.1) is 0 Å². The van der Waals surface area contributed by atoms with Crippen LogP contribution < -0.4 is 5.32 Å². The van der Waals surface area contributed by atoms with E-state index in [1.165, 1.54) is 56.7 Å². The standard InChI is InChI=1S/C19H18N4O5S/c1-23(2)29(26,27)15-5-3-4-14(11-15)22-18(24)12-28-19(25)13-6-7-16-17(10-13)21-9-8-20-16/h3-11H,12H2,1-2H3,(H,22,24). The summed E-state index contributed by atoms with van der Waals surface area (Å²) >= 11 is 0. The lowest BCUT2D eigenvalue weighted by Crippen LogP contribution is -2.23. The molecule has 9 nitrogen and oxygen atoms in total. The molecule has 0 aliphatic rings. The summed E-state index contributed by atoms with van der Waals surface area (Å²) in [4.78, 5) is 32.5. The lowest BCUT2D eigenvalue weighted by molar-refractivity contribution is -0.119. The van der Waals surface area contributed by atoms with Crippen LogP contribution in [0.3, 0.4) is 0 Å². The Balaban J connectivity index is 1.63. The Bertz CT molecular complexity index is 1180. The molecule has 1 heterocycles. The first-order valence-corrected chi connectivity index (χ1v) is 9.92. The molecular weight excluding hydrogens is 396 g/mol. The van der Waals surface area contributed by atoms with Crippen LogP contribution in [0.4, 0.5) is 5.69 Å². The van der Waals surface area contributed by atoms with Gasteiger partial charge >= 0.3 is 5.97 Å². The fourth-order valence-corrected chi connectivity index (χ4v) is 3.39. The maximum Gasteiger partial charge on any atom is 0.338 e. The molecule has 0 radical (unpaired) electrons. The van der Waals surface area contributed by atoms with Crippen LogP contribution in [0.1, 0.15) is 10.4 Å². The molecule has 3 aromatic rings. The second kappa shape index (κ2) is 8.33. The van der Waals surface area contributed by atoms with Gasteiger partial charge < -0.3 is 10.1 Å². The predicted molar refractivity (Wildman–Crippen MR) is 106 cm³/mol. The highest BCUT2D eigenvalue weighted by Gasteiger charge is 2.18. The van der Waals surface area contributed by atoms with Crippen LogP contribution in [-0.2, 0) is 19.6 Å². The zero-order valence-electron chi connectivity index (χ0n) is 15.7. The van der Waals surface area contributed by atoms with Crippen molar-refractivity contribution >= 4 is 38.6 Å². The van der Waals surface area contributed by atoms with Gasteiger partial charge in [-0.3, -0.25) is 14.8 Å². The summed E-state index contributed by atoms with van der Waals surface area (Å²) in [5.74, 6) is -1.28. The van der Waals surface area contributed by atoms with Crippen molar-refractivity contribution in [3.63, 3.8) is 0 Å². The number of sulfonamides is 1. The summed E-state index contributed by atoms with van der Waals surface area (Å²) in [6.45, 7) is -0.526. The minimum Gasteiger partial charge on any atom is -0.452 e. The van der Waals surface area contributed by atoms with E-state index in [1.54, 1.807) is 12.3 Å². The molecule has 0 unspecified atom stereocenters. The maximum atomic E-state index is 12.2. The van der Waals surface area contributed by atoms with Crippen LogP contribution >= 0.6 is 0 Å². The normalized spacial score (nSPS) is 11.4. The number of esters is 1. The largest absolute Gasteiger partial charge is 0.452 e. The molecule has 150 valence electrons. The van der Waals surface area contributed by atoms with Crippen molar-refractivity contribution < 1.29 is 22.7 Å². The monoisotopic (exact) mass is 414 g/mol. The first kappa shape index (κ1) is 20.4. The summed E-state index contributed by atoms with van der Waals surface area (Å²) in [5.41, 5.74) is 1.68. The smallest absolute Gasteiger partial charge is 0.338 e. The number of ether oxygens (including phenoxy) is 1. The summed E-state index contributed by atoms with van der Waals surface area (Å²) < 4.78 is 30.4. The molecule has 2 aromatic carbocycles. The number of hydrogen-bond acceptors (Lipinski definition) is 7.